The summed E-state index contributed by atoms with van der Waals surface area (Å²) in [5, 5.41) is 9.56. The van der Waals surface area contributed by atoms with Crippen LogP contribution in [0.2, 0.25) is 0 Å². The predicted octanol–water partition coefficient (Wildman–Crippen LogP) is 3.57. The van der Waals surface area contributed by atoms with Gasteiger partial charge in [0, 0.05) is 45.3 Å². The molecule has 3 aromatic rings. The van der Waals surface area contributed by atoms with Gasteiger partial charge in [0.2, 0.25) is 0 Å². The molecule has 0 aliphatic heterocycles. The lowest BCUT2D eigenvalue weighted by molar-refractivity contribution is 0.0461. The van der Waals surface area contributed by atoms with E-state index in [0.29, 0.717) is 11.5 Å². The van der Waals surface area contributed by atoms with E-state index in [4.69, 9.17) is 4.74 Å². The lowest BCUT2D eigenvalue weighted by Crippen LogP contribution is -2.11. The van der Waals surface area contributed by atoms with Crippen molar-refractivity contribution in [1.29, 1.82) is 0 Å². The monoisotopic (exact) mass is 379 g/mol. The Morgan fingerprint density at radius 3 is 2.25 bits per heavy atom. The summed E-state index contributed by atoms with van der Waals surface area (Å²) in [5.74, 6) is 0.261. The summed E-state index contributed by atoms with van der Waals surface area (Å²) >= 11 is 0. The smallest absolute Gasteiger partial charge is 0.356 e. The second-order valence-electron chi connectivity index (χ2n) is 6.28. The minimum atomic E-state index is -0.408. The lowest BCUT2D eigenvalue weighted by atomic mass is 10.1. The van der Waals surface area contributed by atoms with Crippen molar-refractivity contribution >= 4 is 23.0 Å². The molecule has 1 heterocycles. The van der Waals surface area contributed by atoms with Crippen molar-refractivity contribution in [2.75, 3.05) is 37.1 Å². The fourth-order valence-electron chi connectivity index (χ4n) is 3.05. The SMILES string of the molecule is CNc1cc(NC)c(-c2ncc(C(=O)OCc3ccccc3)n2C)c(NC)c1. The van der Waals surface area contributed by atoms with Crippen LogP contribution in [-0.4, -0.2) is 36.7 Å². The molecule has 0 atom stereocenters. The van der Waals surface area contributed by atoms with Crippen LogP contribution in [-0.2, 0) is 18.4 Å². The zero-order chi connectivity index (χ0) is 20.1. The molecule has 1 aromatic heterocycles. The summed E-state index contributed by atoms with van der Waals surface area (Å²) in [6.45, 7) is 0.223. The van der Waals surface area contributed by atoms with Gasteiger partial charge in [-0.2, -0.15) is 0 Å². The first kappa shape index (κ1) is 19.3. The zero-order valence-electron chi connectivity index (χ0n) is 16.5. The third-order valence-electron chi connectivity index (χ3n) is 4.60. The van der Waals surface area contributed by atoms with Crippen molar-refractivity contribution in [3.8, 4) is 11.4 Å². The number of esters is 1. The van der Waals surface area contributed by atoms with Crippen LogP contribution in [0.5, 0.6) is 0 Å². The van der Waals surface area contributed by atoms with Crippen molar-refractivity contribution in [1.82, 2.24) is 9.55 Å². The van der Waals surface area contributed by atoms with Crippen LogP contribution < -0.4 is 16.0 Å². The Bertz CT molecular complexity index is 941. The standard InChI is InChI=1S/C21H25N5O2/c1-22-15-10-16(23-2)19(17(11-15)24-3)20-25-12-18(26(20)4)21(27)28-13-14-8-6-5-7-9-14/h5-12,22-24H,13H2,1-4H3. The van der Waals surface area contributed by atoms with Crippen LogP contribution >= 0.6 is 0 Å². The van der Waals surface area contributed by atoms with Gasteiger partial charge in [-0.15, -0.1) is 0 Å². The molecule has 7 heteroatoms. The van der Waals surface area contributed by atoms with Crippen LogP contribution in [0.15, 0.2) is 48.7 Å². The third-order valence-corrected chi connectivity index (χ3v) is 4.60. The Kier molecular flexibility index (Phi) is 5.84. The lowest BCUT2D eigenvalue weighted by Gasteiger charge is -2.17. The first-order valence-corrected chi connectivity index (χ1v) is 9.03. The number of nitrogens with zero attached hydrogens (tertiary/aromatic N) is 2. The molecule has 0 radical (unpaired) electrons. The molecule has 2 aromatic carbocycles. The van der Waals surface area contributed by atoms with E-state index in [2.05, 4.69) is 20.9 Å². The van der Waals surface area contributed by atoms with Crippen molar-refractivity contribution in [3.05, 3.63) is 59.9 Å². The first-order chi connectivity index (χ1) is 13.6. The van der Waals surface area contributed by atoms with Gasteiger partial charge in [-0.3, -0.25) is 0 Å². The number of aromatic nitrogens is 2. The fourth-order valence-corrected chi connectivity index (χ4v) is 3.05. The molecule has 0 fully saturated rings. The van der Waals surface area contributed by atoms with Gasteiger partial charge in [-0.25, -0.2) is 9.78 Å². The fraction of sp³-hybridized carbons (Fsp3) is 0.238. The molecule has 0 saturated carbocycles. The van der Waals surface area contributed by atoms with E-state index >= 15 is 0 Å². The number of anilines is 3. The van der Waals surface area contributed by atoms with Gasteiger partial charge in [-0.05, 0) is 17.7 Å². The van der Waals surface area contributed by atoms with Crippen LogP contribution in [0.3, 0.4) is 0 Å². The third kappa shape index (κ3) is 3.78. The van der Waals surface area contributed by atoms with E-state index in [-0.39, 0.29) is 6.61 Å². The first-order valence-electron chi connectivity index (χ1n) is 9.03. The molecule has 0 spiro atoms. The topological polar surface area (TPSA) is 80.2 Å². The van der Waals surface area contributed by atoms with Gasteiger partial charge in [-0.1, -0.05) is 30.3 Å². The van der Waals surface area contributed by atoms with Crippen LogP contribution in [0.1, 0.15) is 16.1 Å². The molecule has 0 bridgehead atoms. The van der Waals surface area contributed by atoms with Crippen LogP contribution in [0, 0.1) is 0 Å². The van der Waals surface area contributed by atoms with E-state index in [9.17, 15) is 4.79 Å². The molecule has 0 aliphatic carbocycles. The summed E-state index contributed by atoms with van der Waals surface area (Å²) in [6.07, 6.45) is 1.55. The van der Waals surface area contributed by atoms with Gasteiger partial charge in [0.25, 0.3) is 0 Å². The average molecular weight is 379 g/mol. The number of hydrogen-bond donors (Lipinski definition) is 3. The summed E-state index contributed by atoms with van der Waals surface area (Å²) in [5.41, 5.74) is 4.98. The van der Waals surface area contributed by atoms with Crippen molar-refractivity contribution in [2.24, 2.45) is 7.05 Å². The maximum atomic E-state index is 12.6. The average Bonchev–Trinajstić information content (AvgIpc) is 3.12. The number of imidazole rings is 1. The molecular formula is C21H25N5O2. The zero-order valence-corrected chi connectivity index (χ0v) is 16.5. The van der Waals surface area contributed by atoms with Crippen molar-refractivity contribution in [2.45, 2.75) is 6.61 Å². The van der Waals surface area contributed by atoms with Crippen LogP contribution in [0.4, 0.5) is 17.1 Å². The van der Waals surface area contributed by atoms with E-state index in [1.54, 1.807) is 10.8 Å². The number of ether oxygens (including phenoxy) is 1. The molecule has 0 aliphatic rings. The highest BCUT2D eigenvalue weighted by Gasteiger charge is 2.21. The largest absolute Gasteiger partial charge is 0.456 e. The predicted molar refractivity (Wildman–Crippen MR) is 113 cm³/mol. The summed E-state index contributed by atoms with van der Waals surface area (Å²) in [6, 6.07) is 13.6. The number of benzene rings is 2. The maximum absolute atomic E-state index is 12.6. The molecule has 28 heavy (non-hydrogen) atoms. The van der Waals surface area contributed by atoms with Gasteiger partial charge in [0.05, 0.1) is 11.8 Å². The van der Waals surface area contributed by atoms with Crippen molar-refractivity contribution in [3.63, 3.8) is 0 Å². The number of hydrogen-bond acceptors (Lipinski definition) is 6. The van der Waals surface area contributed by atoms with Gasteiger partial charge >= 0.3 is 5.97 Å². The van der Waals surface area contributed by atoms with Gasteiger partial charge in [0.15, 0.2) is 0 Å². The summed E-state index contributed by atoms with van der Waals surface area (Å²) in [7, 11) is 7.40. The molecule has 3 rings (SSSR count). The highest BCUT2D eigenvalue weighted by molar-refractivity contribution is 5.92. The molecule has 0 saturated heterocycles. The quantitative estimate of drug-likeness (QED) is 0.545. The molecule has 0 unspecified atom stereocenters. The summed E-state index contributed by atoms with van der Waals surface area (Å²) < 4.78 is 7.21. The highest BCUT2D eigenvalue weighted by atomic mass is 16.5. The molecule has 146 valence electrons. The Hall–Kier alpha value is -3.48. The Morgan fingerprint density at radius 1 is 1.04 bits per heavy atom. The number of carbonyl (C=O) groups is 1. The van der Waals surface area contributed by atoms with E-state index < -0.39 is 5.97 Å². The Labute approximate surface area is 164 Å². The van der Waals surface area contributed by atoms with E-state index in [0.717, 1.165) is 28.2 Å². The molecule has 7 nitrogen and oxygen atoms in total. The molecule has 3 N–H and O–H groups in total. The minimum absolute atomic E-state index is 0.223. The number of nitrogens with one attached hydrogen (secondary N) is 3. The Balaban J connectivity index is 1.92. The normalized spacial score (nSPS) is 10.4. The highest BCUT2D eigenvalue weighted by Crippen LogP contribution is 2.37. The summed E-state index contributed by atoms with van der Waals surface area (Å²) in [4.78, 5) is 17.1. The molecule has 0 amide bonds. The van der Waals surface area contributed by atoms with Crippen molar-refractivity contribution < 1.29 is 9.53 Å². The second kappa shape index (κ2) is 8.47. The van der Waals surface area contributed by atoms with E-state index in [1.807, 2.05) is 70.7 Å². The van der Waals surface area contributed by atoms with Gasteiger partial charge < -0.3 is 25.3 Å². The van der Waals surface area contributed by atoms with Crippen LogP contribution in [0.25, 0.3) is 11.4 Å². The maximum Gasteiger partial charge on any atom is 0.356 e. The minimum Gasteiger partial charge on any atom is -0.456 e. The number of carbonyl (C=O) groups excluding carboxylic acids is 1. The Morgan fingerprint density at radius 2 is 1.68 bits per heavy atom. The molecular weight excluding hydrogens is 354 g/mol. The number of rotatable bonds is 7. The second-order valence-corrected chi connectivity index (χ2v) is 6.28. The van der Waals surface area contributed by atoms with Gasteiger partial charge in [0.1, 0.15) is 18.1 Å². The van der Waals surface area contributed by atoms with E-state index in [1.165, 1.54) is 0 Å².